The average Bonchev–Trinajstić information content (AvgIpc) is 2.90. The molecule has 0 aliphatic carbocycles. The van der Waals surface area contributed by atoms with Crippen molar-refractivity contribution < 1.29 is 19.0 Å². The van der Waals surface area contributed by atoms with Crippen LogP contribution in [0.25, 0.3) is 5.57 Å². The van der Waals surface area contributed by atoms with Crippen LogP contribution in [0.3, 0.4) is 0 Å². The summed E-state index contributed by atoms with van der Waals surface area (Å²) in [7, 11) is -0.0476. The fourth-order valence-electron chi connectivity index (χ4n) is 4.07. The summed E-state index contributed by atoms with van der Waals surface area (Å²) >= 11 is 0. The van der Waals surface area contributed by atoms with E-state index in [1.54, 1.807) is 24.1 Å². The van der Waals surface area contributed by atoms with Gasteiger partial charge in [-0.2, -0.15) is 0 Å². The van der Waals surface area contributed by atoms with E-state index < -0.39 is 20.2 Å². The summed E-state index contributed by atoms with van der Waals surface area (Å²) in [5.74, 6) is 5.52. The van der Waals surface area contributed by atoms with Gasteiger partial charge in [-0.3, -0.25) is 4.90 Å². The number of hydrogen-bond acceptors (Lipinski definition) is 4. The van der Waals surface area contributed by atoms with E-state index in [4.69, 9.17) is 14.2 Å². The number of fused-ring (bicyclic) bond motifs is 1. The van der Waals surface area contributed by atoms with Crippen molar-refractivity contribution in [1.82, 2.24) is 0 Å². The normalized spacial score (nSPS) is 15.4. The molecule has 0 N–H and O–H groups in total. The average molecular weight is 512 g/mol. The van der Waals surface area contributed by atoms with Crippen LogP contribution in [0.2, 0.25) is 19.6 Å². The minimum absolute atomic E-state index is 0.0618. The third-order valence-electron chi connectivity index (χ3n) is 5.92. The van der Waals surface area contributed by atoms with Gasteiger partial charge in [-0.05, 0) is 54.1 Å². The summed E-state index contributed by atoms with van der Waals surface area (Å²) < 4.78 is 17.1. The summed E-state index contributed by atoms with van der Waals surface area (Å²) in [5, 5.41) is 0. The maximum atomic E-state index is 13.5. The second-order valence-corrected chi connectivity index (χ2v) is 14.8. The van der Waals surface area contributed by atoms with Gasteiger partial charge in [0.2, 0.25) is 0 Å². The van der Waals surface area contributed by atoms with Crippen LogP contribution in [0.15, 0.2) is 84.9 Å². The van der Waals surface area contributed by atoms with Gasteiger partial charge in [-0.15, -0.1) is 5.54 Å². The van der Waals surface area contributed by atoms with Crippen molar-refractivity contribution in [3.05, 3.63) is 90.5 Å². The number of benzene rings is 3. The fraction of sp³-hybridized carbons (Fsp3) is 0.258. The lowest BCUT2D eigenvalue weighted by Crippen LogP contribution is -2.43. The lowest BCUT2D eigenvalue weighted by Gasteiger charge is -2.34. The van der Waals surface area contributed by atoms with Crippen LogP contribution in [0, 0.1) is 17.4 Å². The van der Waals surface area contributed by atoms with Crippen LogP contribution in [0.4, 0.5) is 10.5 Å². The Balaban J connectivity index is 1.66. The predicted octanol–water partition coefficient (Wildman–Crippen LogP) is 7.06. The van der Waals surface area contributed by atoms with Crippen molar-refractivity contribution in [2.45, 2.75) is 32.6 Å². The van der Waals surface area contributed by atoms with E-state index >= 15 is 0 Å². The molecule has 0 fully saturated rings. The number of amides is 1. The number of hydrogen-bond donors (Lipinski definition) is 0. The molecule has 5 nitrogen and oxygen atoms in total. The number of nitrogens with zero attached hydrogens (tertiary/aromatic N) is 1. The molecule has 1 aliphatic rings. The Bertz CT molecular complexity index is 1320. The maximum Gasteiger partial charge on any atom is 0.421 e. The molecule has 4 rings (SSSR count). The second kappa shape index (κ2) is 11.4. The Morgan fingerprint density at radius 1 is 0.919 bits per heavy atom. The van der Waals surface area contributed by atoms with E-state index in [0.717, 1.165) is 28.3 Å². The van der Waals surface area contributed by atoms with E-state index in [1.807, 2.05) is 66.7 Å². The number of carbonyl (C=O) groups is 1. The van der Waals surface area contributed by atoms with Crippen LogP contribution in [-0.2, 0) is 0 Å². The Morgan fingerprint density at radius 3 is 2.24 bits per heavy atom. The van der Waals surface area contributed by atoms with Gasteiger partial charge in [-0.25, -0.2) is 4.79 Å². The largest absolute Gasteiger partial charge is 0.497 e. The van der Waals surface area contributed by atoms with Crippen LogP contribution < -0.4 is 19.1 Å². The lowest BCUT2D eigenvalue weighted by molar-refractivity contribution is 0.207. The SMILES string of the molecule is COc1ccc(OC[C@H](C)C2=C[C@H](C#C[Si](C)(C)C)N(C(=O)Oc3ccccc3)c3ccccc32)cc1. The molecule has 0 saturated heterocycles. The highest BCUT2D eigenvalue weighted by atomic mass is 28.3. The Kier molecular flexibility index (Phi) is 8.05. The molecule has 190 valence electrons. The molecule has 1 heterocycles. The summed E-state index contributed by atoms with van der Waals surface area (Å²) in [6.45, 7) is 9.19. The first-order valence-corrected chi connectivity index (χ1v) is 15.9. The number of para-hydroxylation sites is 2. The standard InChI is InChI=1S/C31H33NO4Si/c1-23(22-35-26-17-15-25(34-2)16-18-26)29-21-24(19-20-37(3,4)5)32(30-14-10-9-13-28(29)30)31(33)36-27-11-7-6-8-12-27/h6-18,21,23-24H,22H2,1-5H3/t23-,24-/m0/s1. The molecule has 1 amide bonds. The van der Waals surface area contributed by atoms with Crippen LogP contribution in [0.1, 0.15) is 12.5 Å². The topological polar surface area (TPSA) is 48.0 Å². The van der Waals surface area contributed by atoms with Gasteiger partial charge in [0.1, 0.15) is 31.4 Å². The van der Waals surface area contributed by atoms with Gasteiger partial charge in [0.05, 0.1) is 19.4 Å². The molecule has 6 heteroatoms. The van der Waals surface area contributed by atoms with Gasteiger partial charge < -0.3 is 14.2 Å². The van der Waals surface area contributed by atoms with Crippen molar-refractivity contribution in [3.8, 4) is 28.7 Å². The minimum Gasteiger partial charge on any atom is -0.497 e. The van der Waals surface area contributed by atoms with E-state index in [9.17, 15) is 4.79 Å². The fourth-order valence-corrected chi connectivity index (χ4v) is 4.65. The first-order chi connectivity index (χ1) is 17.7. The van der Waals surface area contributed by atoms with Gasteiger partial charge in [-0.1, -0.05) is 68.9 Å². The summed E-state index contributed by atoms with van der Waals surface area (Å²) in [5.41, 5.74) is 6.31. The highest BCUT2D eigenvalue weighted by Crippen LogP contribution is 2.38. The molecular weight excluding hydrogens is 478 g/mol. The van der Waals surface area contributed by atoms with Gasteiger partial charge >= 0.3 is 6.09 Å². The number of carbonyl (C=O) groups excluding carboxylic acids is 1. The quantitative estimate of drug-likeness (QED) is 0.262. The van der Waals surface area contributed by atoms with Crippen molar-refractivity contribution in [3.63, 3.8) is 0 Å². The first-order valence-electron chi connectivity index (χ1n) is 12.4. The summed E-state index contributed by atoms with van der Waals surface area (Å²) in [6, 6.07) is 24.2. The highest BCUT2D eigenvalue weighted by Gasteiger charge is 2.33. The van der Waals surface area contributed by atoms with E-state index in [-0.39, 0.29) is 5.92 Å². The van der Waals surface area contributed by atoms with Crippen LogP contribution in [-0.4, -0.2) is 33.9 Å². The zero-order chi connectivity index (χ0) is 26.4. The Labute approximate surface area is 220 Å². The third-order valence-corrected chi connectivity index (χ3v) is 6.81. The smallest absolute Gasteiger partial charge is 0.421 e. The maximum absolute atomic E-state index is 13.5. The molecule has 0 aromatic heterocycles. The zero-order valence-electron chi connectivity index (χ0n) is 22.0. The van der Waals surface area contributed by atoms with Crippen LogP contribution >= 0.6 is 0 Å². The Morgan fingerprint density at radius 2 is 1.57 bits per heavy atom. The Hall–Kier alpha value is -3.95. The minimum atomic E-state index is -1.69. The second-order valence-electron chi connectivity index (χ2n) is 10.0. The van der Waals surface area contributed by atoms with Gasteiger partial charge in [0.25, 0.3) is 0 Å². The number of rotatable bonds is 6. The number of anilines is 1. The molecule has 0 spiro atoms. The number of methoxy groups -OCH3 is 1. The molecule has 2 atom stereocenters. The van der Waals surface area contributed by atoms with E-state index in [1.165, 1.54) is 0 Å². The number of ether oxygens (including phenoxy) is 3. The molecule has 1 aliphatic heterocycles. The predicted molar refractivity (Wildman–Crippen MR) is 152 cm³/mol. The summed E-state index contributed by atoms with van der Waals surface area (Å²) in [4.78, 5) is 15.2. The van der Waals surface area contributed by atoms with Gasteiger partial charge in [0, 0.05) is 11.5 Å². The van der Waals surface area contributed by atoms with Crippen molar-refractivity contribution in [2.75, 3.05) is 18.6 Å². The highest BCUT2D eigenvalue weighted by molar-refractivity contribution is 6.83. The van der Waals surface area contributed by atoms with E-state index in [2.05, 4.69) is 44.1 Å². The first kappa shape index (κ1) is 26.1. The molecule has 0 radical (unpaired) electrons. The third kappa shape index (κ3) is 6.63. The monoisotopic (exact) mass is 511 g/mol. The van der Waals surface area contributed by atoms with E-state index in [0.29, 0.717) is 12.4 Å². The molecule has 0 saturated carbocycles. The van der Waals surface area contributed by atoms with Crippen LogP contribution in [0.5, 0.6) is 17.2 Å². The zero-order valence-corrected chi connectivity index (χ0v) is 23.0. The lowest BCUT2D eigenvalue weighted by atomic mass is 9.88. The molecule has 3 aromatic carbocycles. The molecule has 37 heavy (non-hydrogen) atoms. The van der Waals surface area contributed by atoms with Crippen molar-refractivity contribution in [2.24, 2.45) is 5.92 Å². The van der Waals surface area contributed by atoms with Crippen molar-refractivity contribution >= 4 is 25.4 Å². The molecular formula is C31H33NO4Si. The summed E-state index contributed by atoms with van der Waals surface area (Å²) in [6.07, 6.45) is 1.63. The van der Waals surface area contributed by atoms with Gasteiger partial charge in [0.15, 0.2) is 0 Å². The molecule has 3 aromatic rings. The molecule has 0 unspecified atom stereocenters. The molecule has 0 bridgehead atoms. The van der Waals surface area contributed by atoms with Crippen molar-refractivity contribution in [1.29, 1.82) is 0 Å².